The number of amides is 1. The summed E-state index contributed by atoms with van der Waals surface area (Å²) in [6, 6.07) is 6.44. The highest BCUT2D eigenvalue weighted by molar-refractivity contribution is 5.91. The third-order valence-corrected chi connectivity index (χ3v) is 2.14. The first kappa shape index (κ1) is 16.0. The van der Waals surface area contributed by atoms with Gasteiger partial charge in [0.25, 0.3) is 0 Å². The molecule has 20 heavy (non-hydrogen) atoms. The fourth-order valence-corrected chi connectivity index (χ4v) is 1.26. The first-order valence-corrected chi connectivity index (χ1v) is 6.15. The SMILES string of the molecule is CC(C)(C)OCC(=O)Nc1ccc(OCC(=O)O)cc1. The van der Waals surface area contributed by atoms with Crippen LogP contribution in [-0.2, 0) is 14.3 Å². The highest BCUT2D eigenvalue weighted by Gasteiger charge is 2.12. The van der Waals surface area contributed by atoms with Crippen molar-refractivity contribution in [2.45, 2.75) is 26.4 Å². The van der Waals surface area contributed by atoms with Gasteiger partial charge in [0, 0.05) is 5.69 Å². The van der Waals surface area contributed by atoms with Crippen LogP contribution in [0.5, 0.6) is 5.75 Å². The van der Waals surface area contributed by atoms with Crippen LogP contribution in [0.4, 0.5) is 5.69 Å². The molecule has 0 aliphatic rings. The molecule has 1 aromatic carbocycles. The van der Waals surface area contributed by atoms with E-state index in [0.29, 0.717) is 11.4 Å². The van der Waals surface area contributed by atoms with Gasteiger partial charge < -0.3 is 19.9 Å². The van der Waals surface area contributed by atoms with Gasteiger partial charge in [-0.2, -0.15) is 0 Å². The van der Waals surface area contributed by atoms with Crippen molar-refractivity contribution in [1.29, 1.82) is 0 Å². The summed E-state index contributed by atoms with van der Waals surface area (Å²) < 4.78 is 10.3. The minimum Gasteiger partial charge on any atom is -0.482 e. The van der Waals surface area contributed by atoms with Crippen molar-refractivity contribution in [3.8, 4) is 5.75 Å². The molecule has 1 aromatic rings. The number of carboxylic acid groups (broad SMARTS) is 1. The summed E-state index contributed by atoms with van der Waals surface area (Å²) in [4.78, 5) is 22.0. The Bertz CT molecular complexity index is 461. The minimum atomic E-state index is -1.04. The molecule has 2 N–H and O–H groups in total. The van der Waals surface area contributed by atoms with Crippen LogP contribution >= 0.6 is 0 Å². The molecule has 0 saturated carbocycles. The van der Waals surface area contributed by atoms with Gasteiger partial charge in [0.05, 0.1) is 5.60 Å². The van der Waals surface area contributed by atoms with Crippen LogP contribution in [0.25, 0.3) is 0 Å². The Morgan fingerprint density at radius 2 is 1.75 bits per heavy atom. The summed E-state index contributed by atoms with van der Waals surface area (Å²) in [7, 11) is 0. The molecule has 6 heteroatoms. The predicted octanol–water partition coefficient (Wildman–Crippen LogP) is 1.90. The zero-order valence-electron chi connectivity index (χ0n) is 11.8. The topological polar surface area (TPSA) is 84.9 Å². The lowest BCUT2D eigenvalue weighted by molar-refractivity contribution is -0.139. The zero-order valence-corrected chi connectivity index (χ0v) is 11.8. The van der Waals surface area contributed by atoms with E-state index >= 15 is 0 Å². The smallest absolute Gasteiger partial charge is 0.341 e. The summed E-state index contributed by atoms with van der Waals surface area (Å²) in [5, 5.41) is 11.1. The van der Waals surface area contributed by atoms with E-state index in [4.69, 9.17) is 14.6 Å². The molecule has 0 atom stereocenters. The van der Waals surface area contributed by atoms with E-state index in [0.717, 1.165) is 0 Å². The number of carbonyl (C=O) groups is 2. The van der Waals surface area contributed by atoms with Gasteiger partial charge in [-0.15, -0.1) is 0 Å². The third-order valence-electron chi connectivity index (χ3n) is 2.14. The van der Waals surface area contributed by atoms with Gasteiger partial charge in [-0.1, -0.05) is 0 Å². The molecule has 0 heterocycles. The highest BCUT2D eigenvalue weighted by Crippen LogP contribution is 2.15. The number of hydrogen-bond acceptors (Lipinski definition) is 4. The number of benzene rings is 1. The predicted molar refractivity (Wildman–Crippen MR) is 73.9 cm³/mol. The molecule has 110 valence electrons. The van der Waals surface area contributed by atoms with Crippen LogP contribution in [-0.4, -0.2) is 35.8 Å². The number of hydrogen-bond donors (Lipinski definition) is 2. The van der Waals surface area contributed by atoms with Crippen LogP contribution in [0.2, 0.25) is 0 Å². The molecule has 0 saturated heterocycles. The molecule has 6 nitrogen and oxygen atoms in total. The lowest BCUT2D eigenvalue weighted by atomic mass is 10.2. The van der Waals surface area contributed by atoms with Crippen LogP contribution < -0.4 is 10.1 Å². The van der Waals surface area contributed by atoms with Gasteiger partial charge in [-0.25, -0.2) is 4.79 Å². The Hall–Kier alpha value is -2.08. The second kappa shape index (κ2) is 6.91. The van der Waals surface area contributed by atoms with Gasteiger partial charge in [-0.3, -0.25) is 4.79 Å². The van der Waals surface area contributed by atoms with Crippen molar-refractivity contribution in [3.63, 3.8) is 0 Å². The van der Waals surface area contributed by atoms with Crippen LogP contribution in [0.1, 0.15) is 20.8 Å². The van der Waals surface area contributed by atoms with Gasteiger partial charge in [0.2, 0.25) is 5.91 Å². The molecule has 1 amide bonds. The Balaban J connectivity index is 2.44. The Morgan fingerprint density at radius 1 is 1.15 bits per heavy atom. The first-order valence-electron chi connectivity index (χ1n) is 6.15. The molecule has 0 aliphatic carbocycles. The fourth-order valence-electron chi connectivity index (χ4n) is 1.26. The minimum absolute atomic E-state index is 0.0270. The third kappa shape index (κ3) is 6.75. The molecule has 1 rings (SSSR count). The zero-order chi connectivity index (χ0) is 15.2. The summed E-state index contributed by atoms with van der Waals surface area (Å²) in [5.41, 5.74) is 0.224. The van der Waals surface area contributed by atoms with Gasteiger partial charge in [-0.05, 0) is 45.0 Å². The van der Waals surface area contributed by atoms with Crippen LogP contribution in [0.15, 0.2) is 24.3 Å². The summed E-state index contributed by atoms with van der Waals surface area (Å²) >= 11 is 0. The van der Waals surface area contributed by atoms with Crippen molar-refractivity contribution in [2.24, 2.45) is 0 Å². The van der Waals surface area contributed by atoms with E-state index in [9.17, 15) is 9.59 Å². The van der Waals surface area contributed by atoms with Crippen molar-refractivity contribution in [1.82, 2.24) is 0 Å². The summed E-state index contributed by atoms with van der Waals surface area (Å²) in [5.74, 6) is -0.864. The van der Waals surface area contributed by atoms with Gasteiger partial charge in [0.1, 0.15) is 12.4 Å². The largest absolute Gasteiger partial charge is 0.482 e. The fraction of sp³-hybridized carbons (Fsp3) is 0.429. The summed E-state index contributed by atoms with van der Waals surface area (Å²) in [6.07, 6.45) is 0. The van der Waals surface area contributed by atoms with E-state index in [1.807, 2.05) is 20.8 Å². The van der Waals surface area contributed by atoms with Gasteiger partial charge in [0.15, 0.2) is 6.61 Å². The number of carboxylic acids is 1. The van der Waals surface area contributed by atoms with E-state index < -0.39 is 12.6 Å². The second-order valence-corrected chi connectivity index (χ2v) is 5.16. The molecule has 0 radical (unpaired) electrons. The number of carbonyl (C=O) groups excluding carboxylic acids is 1. The average molecular weight is 281 g/mol. The van der Waals surface area contributed by atoms with Crippen molar-refractivity contribution >= 4 is 17.6 Å². The second-order valence-electron chi connectivity index (χ2n) is 5.16. The maximum atomic E-state index is 11.6. The van der Waals surface area contributed by atoms with Crippen LogP contribution in [0, 0.1) is 0 Å². The molecule has 0 fully saturated rings. The Kier molecular flexibility index (Phi) is 5.52. The Labute approximate surface area is 117 Å². The maximum Gasteiger partial charge on any atom is 0.341 e. The molecule has 0 bridgehead atoms. The normalized spacial score (nSPS) is 10.9. The van der Waals surface area contributed by atoms with Crippen LogP contribution in [0.3, 0.4) is 0 Å². The van der Waals surface area contributed by atoms with Crippen molar-refractivity contribution in [3.05, 3.63) is 24.3 Å². The number of aliphatic carboxylic acids is 1. The number of anilines is 1. The first-order chi connectivity index (χ1) is 9.26. The molecule has 0 aliphatic heterocycles. The Morgan fingerprint density at radius 3 is 2.25 bits per heavy atom. The van der Waals surface area contributed by atoms with Gasteiger partial charge >= 0.3 is 5.97 Å². The molecule has 0 spiro atoms. The maximum absolute atomic E-state index is 11.6. The number of rotatable bonds is 6. The number of nitrogens with one attached hydrogen (secondary N) is 1. The molecular formula is C14H19NO5. The highest BCUT2D eigenvalue weighted by atomic mass is 16.5. The van der Waals surface area contributed by atoms with E-state index in [-0.39, 0.29) is 18.1 Å². The molecule has 0 aromatic heterocycles. The summed E-state index contributed by atoms with van der Waals surface area (Å²) in [6.45, 7) is 5.19. The monoisotopic (exact) mass is 281 g/mol. The molecule has 0 unspecified atom stereocenters. The van der Waals surface area contributed by atoms with E-state index in [1.165, 1.54) is 0 Å². The molecular weight excluding hydrogens is 262 g/mol. The lowest BCUT2D eigenvalue weighted by Crippen LogP contribution is -2.27. The quantitative estimate of drug-likeness (QED) is 0.832. The van der Waals surface area contributed by atoms with E-state index in [1.54, 1.807) is 24.3 Å². The lowest BCUT2D eigenvalue weighted by Gasteiger charge is -2.19. The van der Waals surface area contributed by atoms with Crippen molar-refractivity contribution in [2.75, 3.05) is 18.5 Å². The van der Waals surface area contributed by atoms with E-state index in [2.05, 4.69) is 5.32 Å². The standard InChI is InChI=1S/C14H19NO5/c1-14(2,3)20-8-12(16)15-10-4-6-11(7-5-10)19-9-13(17)18/h4-7H,8-9H2,1-3H3,(H,15,16)(H,17,18). The van der Waals surface area contributed by atoms with Crippen molar-refractivity contribution < 1.29 is 24.2 Å². The average Bonchev–Trinajstić information content (AvgIpc) is 2.35. The number of ether oxygens (including phenoxy) is 2.